The predicted molar refractivity (Wildman–Crippen MR) is 183 cm³/mol. The van der Waals surface area contributed by atoms with Crippen molar-refractivity contribution in [3.63, 3.8) is 0 Å². The lowest BCUT2D eigenvalue weighted by atomic mass is 9.96. The van der Waals surface area contributed by atoms with Gasteiger partial charge < -0.3 is 0 Å². The van der Waals surface area contributed by atoms with Gasteiger partial charge in [0.2, 0.25) is 0 Å². The molecular formula is C40H25N5. The van der Waals surface area contributed by atoms with E-state index in [4.69, 9.17) is 9.97 Å². The third-order valence-electron chi connectivity index (χ3n) is 8.56. The van der Waals surface area contributed by atoms with Gasteiger partial charge in [0.25, 0.3) is 0 Å². The van der Waals surface area contributed by atoms with E-state index >= 15 is 0 Å². The first-order valence-electron chi connectivity index (χ1n) is 15.0. The molecule has 0 aliphatic carbocycles. The number of rotatable bonds is 4. The van der Waals surface area contributed by atoms with Crippen molar-refractivity contribution in [3.05, 3.63) is 152 Å². The van der Waals surface area contributed by atoms with Crippen LogP contribution in [0.15, 0.2) is 152 Å². The molecule has 0 radical (unpaired) electrons. The maximum Gasteiger partial charge on any atom is 0.137 e. The lowest BCUT2D eigenvalue weighted by Crippen LogP contribution is -1.98. The van der Waals surface area contributed by atoms with Gasteiger partial charge in [-0.25, -0.2) is 9.97 Å². The minimum atomic E-state index is 0.836. The number of hydrogen-bond acceptors (Lipinski definition) is 4. The number of para-hydroxylation sites is 1. The molecule has 0 aliphatic heterocycles. The molecule has 0 saturated heterocycles. The molecule has 0 atom stereocenters. The Labute approximate surface area is 259 Å². The topological polar surface area (TPSA) is 56.5 Å². The van der Waals surface area contributed by atoms with Gasteiger partial charge in [0.1, 0.15) is 5.82 Å². The molecule has 5 heteroatoms. The lowest BCUT2D eigenvalue weighted by Gasteiger charge is -2.12. The molecule has 45 heavy (non-hydrogen) atoms. The van der Waals surface area contributed by atoms with Crippen LogP contribution in [0.2, 0.25) is 0 Å². The molecule has 0 N–H and O–H groups in total. The van der Waals surface area contributed by atoms with Crippen molar-refractivity contribution in [2.45, 2.75) is 0 Å². The van der Waals surface area contributed by atoms with Gasteiger partial charge in [0.05, 0.1) is 27.9 Å². The fraction of sp³-hybridized carbons (Fsp3) is 0. The first-order valence-corrected chi connectivity index (χ1v) is 15.0. The molecule has 0 amide bonds. The molecule has 0 saturated carbocycles. The monoisotopic (exact) mass is 575 g/mol. The summed E-state index contributed by atoms with van der Waals surface area (Å²) in [5, 5.41) is 6.07. The Hall–Kier alpha value is -6.20. The Bertz CT molecular complexity index is 2480. The zero-order valence-electron chi connectivity index (χ0n) is 24.2. The van der Waals surface area contributed by atoms with Crippen molar-refractivity contribution in [3.8, 4) is 39.5 Å². The molecule has 0 spiro atoms. The molecule has 0 bridgehead atoms. The van der Waals surface area contributed by atoms with Gasteiger partial charge in [0.15, 0.2) is 0 Å². The second-order valence-electron chi connectivity index (χ2n) is 11.2. The number of nitrogens with zero attached hydrogens (tertiary/aromatic N) is 5. The van der Waals surface area contributed by atoms with Gasteiger partial charge in [-0.05, 0) is 93.3 Å². The molecular weight excluding hydrogens is 550 g/mol. The summed E-state index contributed by atoms with van der Waals surface area (Å²) in [5.74, 6) is 0.836. The van der Waals surface area contributed by atoms with Crippen molar-refractivity contribution in [2.75, 3.05) is 0 Å². The SMILES string of the molecule is c1cncc(-c2cc(-c3ccc4c(ccc5ccccc54)c3)cc(-c3ccc(-n4c5ccccc5c5ncccc54)nc3)n2)c1. The Morgan fingerprint density at radius 2 is 1.18 bits per heavy atom. The van der Waals surface area contributed by atoms with E-state index < -0.39 is 0 Å². The Balaban J connectivity index is 1.18. The molecule has 5 nitrogen and oxygen atoms in total. The minimum Gasteiger partial charge on any atom is -0.292 e. The predicted octanol–water partition coefficient (Wildman–Crippen LogP) is 9.67. The van der Waals surface area contributed by atoms with Crippen molar-refractivity contribution in [1.82, 2.24) is 24.5 Å². The van der Waals surface area contributed by atoms with Crippen molar-refractivity contribution < 1.29 is 0 Å². The molecule has 5 aromatic heterocycles. The van der Waals surface area contributed by atoms with Gasteiger partial charge >= 0.3 is 0 Å². The number of pyridine rings is 4. The van der Waals surface area contributed by atoms with E-state index in [1.54, 1.807) is 6.20 Å². The smallest absolute Gasteiger partial charge is 0.137 e. The Morgan fingerprint density at radius 3 is 2.02 bits per heavy atom. The summed E-state index contributed by atoms with van der Waals surface area (Å²) >= 11 is 0. The van der Waals surface area contributed by atoms with Crippen molar-refractivity contribution in [2.24, 2.45) is 0 Å². The average Bonchev–Trinajstić information content (AvgIpc) is 3.46. The summed E-state index contributed by atoms with van der Waals surface area (Å²) in [6.07, 6.45) is 7.40. The second-order valence-corrected chi connectivity index (χ2v) is 11.2. The van der Waals surface area contributed by atoms with E-state index in [0.29, 0.717) is 0 Å². The van der Waals surface area contributed by atoms with Crippen LogP contribution in [0.25, 0.3) is 82.9 Å². The molecule has 0 fully saturated rings. The second kappa shape index (κ2) is 10.2. The summed E-state index contributed by atoms with van der Waals surface area (Å²) in [7, 11) is 0. The summed E-state index contributed by atoms with van der Waals surface area (Å²) in [6, 6.07) is 44.5. The number of aromatic nitrogens is 5. The van der Waals surface area contributed by atoms with Gasteiger partial charge in [-0.3, -0.25) is 14.5 Å². The highest BCUT2D eigenvalue weighted by atomic mass is 15.1. The molecule has 5 heterocycles. The van der Waals surface area contributed by atoms with E-state index in [1.165, 1.54) is 21.5 Å². The van der Waals surface area contributed by atoms with E-state index in [1.807, 2.05) is 42.9 Å². The fourth-order valence-electron chi connectivity index (χ4n) is 6.40. The maximum absolute atomic E-state index is 5.10. The highest BCUT2D eigenvalue weighted by Crippen LogP contribution is 2.34. The van der Waals surface area contributed by atoms with Crippen LogP contribution >= 0.6 is 0 Å². The molecule has 0 aliphatic rings. The van der Waals surface area contributed by atoms with Crippen LogP contribution in [0.1, 0.15) is 0 Å². The number of hydrogen-bond donors (Lipinski definition) is 0. The summed E-state index contributed by atoms with van der Waals surface area (Å²) in [4.78, 5) is 19.1. The maximum atomic E-state index is 5.10. The quantitative estimate of drug-likeness (QED) is 0.196. The fourth-order valence-corrected chi connectivity index (χ4v) is 6.40. The zero-order chi connectivity index (χ0) is 29.7. The first-order chi connectivity index (χ1) is 22.3. The van der Waals surface area contributed by atoms with Crippen LogP contribution in [-0.4, -0.2) is 24.5 Å². The Morgan fingerprint density at radius 1 is 0.444 bits per heavy atom. The highest BCUT2D eigenvalue weighted by molar-refractivity contribution is 6.09. The van der Waals surface area contributed by atoms with Gasteiger partial charge in [-0.2, -0.15) is 0 Å². The number of benzene rings is 4. The van der Waals surface area contributed by atoms with Crippen LogP contribution < -0.4 is 0 Å². The molecule has 9 rings (SSSR count). The van der Waals surface area contributed by atoms with Crippen LogP contribution in [-0.2, 0) is 0 Å². The largest absolute Gasteiger partial charge is 0.292 e. The van der Waals surface area contributed by atoms with Crippen LogP contribution in [0.3, 0.4) is 0 Å². The average molecular weight is 576 g/mol. The van der Waals surface area contributed by atoms with E-state index in [9.17, 15) is 0 Å². The molecule has 0 unspecified atom stereocenters. The summed E-state index contributed by atoms with van der Waals surface area (Å²) in [5.41, 5.74) is 8.93. The highest BCUT2D eigenvalue weighted by Gasteiger charge is 2.15. The first kappa shape index (κ1) is 25.3. The molecule has 4 aromatic carbocycles. The molecule has 9 aromatic rings. The van der Waals surface area contributed by atoms with Crippen molar-refractivity contribution in [1.29, 1.82) is 0 Å². The Kier molecular flexibility index (Phi) is 5.74. The van der Waals surface area contributed by atoms with Gasteiger partial charge in [0, 0.05) is 41.3 Å². The standard InChI is InChI=1S/C40H25N5/c1-2-9-32-26(7-1)13-14-28-21-27(15-17-33(28)32)31-22-35(29-8-5-19-41-24-29)44-36(23-31)30-16-18-39(43-25-30)45-37-11-4-3-10-34(37)40-38(45)12-6-20-42-40/h1-25H. The van der Waals surface area contributed by atoms with E-state index in [2.05, 4.69) is 118 Å². The third kappa shape index (κ3) is 4.25. The van der Waals surface area contributed by atoms with Crippen LogP contribution in [0.5, 0.6) is 0 Å². The zero-order valence-corrected chi connectivity index (χ0v) is 24.2. The van der Waals surface area contributed by atoms with Crippen LogP contribution in [0.4, 0.5) is 0 Å². The summed E-state index contributed by atoms with van der Waals surface area (Å²) in [6.45, 7) is 0. The summed E-state index contributed by atoms with van der Waals surface area (Å²) < 4.78 is 2.17. The minimum absolute atomic E-state index is 0.836. The normalized spacial score (nSPS) is 11.6. The van der Waals surface area contributed by atoms with Gasteiger partial charge in [-0.15, -0.1) is 0 Å². The van der Waals surface area contributed by atoms with Crippen LogP contribution in [0, 0.1) is 0 Å². The molecule has 210 valence electrons. The van der Waals surface area contributed by atoms with Crippen molar-refractivity contribution >= 4 is 43.5 Å². The van der Waals surface area contributed by atoms with Gasteiger partial charge in [-0.1, -0.05) is 66.7 Å². The lowest BCUT2D eigenvalue weighted by molar-refractivity contribution is 1.08. The van der Waals surface area contributed by atoms with E-state index in [-0.39, 0.29) is 0 Å². The van der Waals surface area contributed by atoms with E-state index in [0.717, 1.165) is 61.4 Å². The number of fused-ring (bicyclic) bond motifs is 6. The third-order valence-corrected chi connectivity index (χ3v) is 8.56.